The molecule has 2 aromatic rings. The maximum Gasteiger partial charge on any atom is 0.123 e. The molecule has 0 radical (unpaired) electrons. The average Bonchev–Trinajstić information content (AvgIpc) is 2.80. The zero-order chi connectivity index (χ0) is 11.4. The van der Waals surface area contributed by atoms with E-state index in [4.69, 9.17) is 16.6 Å². The number of benzene rings is 1. The Balaban J connectivity index is 1.95. The molecule has 2 nitrogen and oxygen atoms in total. The number of rotatable bonds is 3. The molecule has 0 spiro atoms. The maximum atomic E-state index is 12.7. The Morgan fingerprint density at radius 1 is 1.25 bits per heavy atom. The molecule has 1 aromatic carbocycles. The Hall–Kier alpha value is -1.68. The van der Waals surface area contributed by atoms with Crippen molar-refractivity contribution in [2.75, 3.05) is 0 Å². The van der Waals surface area contributed by atoms with Crippen LogP contribution in [0.15, 0.2) is 47.1 Å². The van der Waals surface area contributed by atoms with Crippen LogP contribution in [0.1, 0.15) is 11.3 Å². The van der Waals surface area contributed by atoms with Crippen LogP contribution in [-0.4, -0.2) is 4.99 Å². The molecule has 0 bridgehead atoms. The summed E-state index contributed by atoms with van der Waals surface area (Å²) < 4.78 is 17.8. The topological polar surface area (TPSA) is 25.2 Å². The molecule has 0 aliphatic rings. The highest BCUT2D eigenvalue weighted by Crippen LogP contribution is 2.05. The Morgan fingerprint density at radius 3 is 2.62 bits per heavy atom. The van der Waals surface area contributed by atoms with Crippen molar-refractivity contribution < 1.29 is 8.81 Å². The smallest absolute Gasteiger partial charge is 0.123 e. The van der Waals surface area contributed by atoms with E-state index in [9.17, 15) is 4.39 Å². The van der Waals surface area contributed by atoms with Crippen LogP contribution in [-0.2, 0) is 6.54 Å². The highest BCUT2D eigenvalue weighted by atomic mass is 32.1. The van der Waals surface area contributed by atoms with Crippen molar-refractivity contribution in [2.24, 2.45) is 0 Å². The third-order valence-corrected chi connectivity index (χ3v) is 2.49. The molecule has 82 valence electrons. The monoisotopic (exact) mass is 235 g/mol. The van der Waals surface area contributed by atoms with Crippen LogP contribution in [0.2, 0.25) is 0 Å². The molecule has 1 heterocycles. The third-order valence-electron chi connectivity index (χ3n) is 2.11. The second-order valence-electron chi connectivity index (χ2n) is 3.27. The van der Waals surface area contributed by atoms with E-state index in [1.165, 1.54) is 12.1 Å². The largest absolute Gasteiger partial charge is 0.467 e. The summed E-state index contributed by atoms with van der Waals surface area (Å²) >= 11 is 5.16. The summed E-state index contributed by atoms with van der Waals surface area (Å²) in [7, 11) is 0. The molecule has 0 saturated heterocycles. The normalized spacial score (nSPS) is 10.1. The molecule has 0 aliphatic carbocycles. The van der Waals surface area contributed by atoms with Gasteiger partial charge >= 0.3 is 0 Å². The van der Waals surface area contributed by atoms with E-state index in [0.717, 1.165) is 11.3 Å². The highest BCUT2D eigenvalue weighted by Gasteiger charge is 2.02. The molecule has 0 unspecified atom stereocenters. The average molecular weight is 235 g/mol. The molecule has 1 aromatic heterocycles. The fourth-order valence-electron chi connectivity index (χ4n) is 1.28. The van der Waals surface area contributed by atoms with Crippen LogP contribution in [0, 0.1) is 5.82 Å². The van der Waals surface area contributed by atoms with Crippen molar-refractivity contribution in [3.63, 3.8) is 0 Å². The zero-order valence-electron chi connectivity index (χ0n) is 8.44. The fraction of sp³-hybridized carbons (Fsp3) is 0.0833. The van der Waals surface area contributed by atoms with Gasteiger partial charge in [-0.05, 0) is 36.4 Å². The van der Waals surface area contributed by atoms with Gasteiger partial charge in [-0.1, -0.05) is 12.2 Å². The SMILES string of the molecule is Fc1ccc(C(=S)NCc2ccco2)cc1. The molecule has 0 atom stereocenters. The first-order valence-electron chi connectivity index (χ1n) is 4.82. The van der Waals surface area contributed by atoms with Crippen LogP contribution >= 0.6 is 12.2 Å². The number of furan rings is 1. The van der Waals surface area contributed by atoms with Gasteiger partial charge < -0.3 is 9.73 Å². The molecule has 16 heavy (non-hydrogen) atoms. The first-order chi connectivity index (χ1) is 7.75. The van der Waals surface area contributed by atoms with Gasteiger partial charge in [-0.3, -0.25) is 0 Å². The molecular formula is C12H10FNOS. The van der Waals surface area contributed by atoms with Gasteiger partial charge in [-0.2, -0.15) is 0 Å². The minimum Gasteiger partial charge on any atom is -0.467 e. The summed E-state index contributed by atoms with van der Waals surface area (Å²) in [5.74, 6) is 0.544. The standard InChI is InChI=1S/C12H10FNOS/c13-10-5-3-9(4-6-10)12(16)14-8-11-2-1-7-15-11/h1-7H,8H2,(H,14,16). The summed E-state index contributed by atoms with van der Waals surface area (Å²) in [6.07, 6.45) is 1.61. The lowest BCUT2D eigenvalue weighted by atomic mass is 10.2. The van der Waals surface area contributed by atoms with Crippen LogP contribution in [0.4, 0.5) is 4.39 Å². The second kappa shape index (κ2) is 4.90. The molecule has 0 aliphatic heterocycles. The van der Waals surface area contributed by atoms with Gasteiger partial charge in [0.05, 0.1) is 12.8 Å². The van der Waals surface area contributed by atoms with E-state index in [-0.39, 0.29) is 5.82 Å². The summed E-state index contributed by atoms with van der Waals surface area (Å²) in [5, 5.41) is 3.04. The van der Waals surface area contributed by atoms with Gasteiger partial charge in [-0.25, -0.2) is 4.39 Å². The van der Waals surface area contributed by atoms with E-state index >= 15 is 0 Å². The van der Waals surface area contributed by atoms with E-state index in [1.807, 2.05) is 12.1 Å². The lowest BCUT2D eigenvalue weighted by Gasteiger charge is -2.05. The Labute approximate surface area is 98.1 Å². The number of hydrogen-bond donors (Lipinski definition) is 1. The van der Waals surface area contributed by atoms with E-state index < -0.39 is 0 Å². The van der Waals surface area contributed by atoms with Crippen LogP contribution in [0.3, 0.4) is 0 Å². The third kappa shape index (κ3) is 2.67. The number of thiocarbonyl (C=S) groups is 1. The van der Waals surface area contributed by atoms with Crippen molar-refractivity contribution in [2.45, 2.75) is 6.54 Å². The Bertz CT molecular complexity index is 464. The van der Waals surface area contributed by atoms with Crippen molar-refractivity contribution in [1.29, 1.82) is 0 Å². The summed E-state index contributed by atoms with van der Waals surface area (Å²) in [6, 6.07) is 9.74. The molecule has 1 N–H and O–H groups in total. The van der Waals surface area contributed by atoms with Gasteiger partial charge in [0.1, 0.15) is 16.6 Å². The van der Waals surface area contributed by atoms with Gasteiger partial charge in [0.2, 0.25) is 0 Å². The fourth-order valence-corrected chi connectivity index (χ4v) is 1.49. The minimum absolute atomic E-state index is 0.266. The van der Waals surface area contributed by atoms with Crippen molar-refractivity contribution in [3.05, 3.63) is 59.8 Å². The van der Waals surface area contributed by atoms with Crippen LogP contribution < -0.4 is 5.32 Å². The summed E-state index contributed by atoms with van der Waals surface area (Å²) in [6.45, 7) is 0.531. The molecular weight excluding hydrogens is 225 g/mol. The highest BCUT2D eigenvalue weighted by molar-refractivity contribution is 7.80. The van der Waals surface area contributed by atoms with Gasteiger partial charge in [0.25, 0.3) is 0 Å². The molecule has 0 fully saturated rings. The molecule has 0 amide bonds. The summed E-state index contributed by atoms with van der Waals surface area (Å²) in [4.78, 5) is 0.580. The lowest BCUT2D eigenvalue weighted by molar-refractivity contribution is 0.504. The lowest BCUT2D eigenvalue weighted by Crippen LogP contribution is -2.21. The van der Waals surface area contributed by atoms with Crippen LogP contribution in [0.25, 0.3) is 0 Å². The predicted molar refractivity (Wildman–Crippen MR) is 63.6 cm³/mol. The van der Waals surface area contributed by atoms with Crippen molar-refractivity contribution in [3.8, 4) is 0 Å². The molecule has 2 rings (SSSR count). The van der Waals surface area contributed by atoms with Crippen LogP contribution in [0.5, 0.6) is 0 Å². The Kier molecular flexibility index (Phi) is 3.31. The number of halogens is 1. The van der Waals surface area contributed by atoms with Gasteiger partial charge in [0, 0.05) is 5.56 Å². The van der Waals surface area contributed by atoms with E-state index in [0.29, 0.717) is 11.5 Å². The zero-order valence-corrected chi connectivity index (χ0v) is 9.26. The van der Waals surface area contributed by atoms with E-state index in [1.54, 1.807) is 18.4 Å². The number of nitrogens with one attached hydrogen (secondary N) is 1. The first kappa shape index (κ1) is 10.8. The first-order valence-corrected chi connectivity index (χ1v) is 5.22. The second-order valence-corrected chi connectivity index (χ2v) is 3.68. The van der Waals surface area contributed by atoms with Crippen molar-refractivity contribution in [1.82, 2.24) is 5.32 Å². The predicted octanol–water partition coefficient (Wildman–Crippen LogP) is 2.88. The minimum atomic E-state index is -0.266. The molecule has 4 heteroatoms. The van der Waals surface area contributed by atoms with E-state index in [2.05, 4.69) is 5.32 Å². The quantitative estimate of drug-likeness (QED) is 0.828. The van der Waals surface area contributed by atoms with Gasteiger partial charge in [0.15, 0.2) is 0 Å². The van der Waals surface area contributed by atoms with Crippen molar-refractivity contribution >= 4 is 17.2 Å². The number of hydrogen-bond acceptors (Lipinski definition) is 2. The van der Waals surface area contributed by atoms with Gasteiger partial charge in [-0.15, -0.1) is 0 Å². The summed E-state index contributed by atoms with van der Waals surface area (Å²) in [5.41, 5.74) is 0.794. The molecule has 0 saturated carbocycles. The maximum absolute atomic E-state index is 12.7. The Morgan fingerprint density at radius 2 is 2.00 bits per heavy atom.